The van der Waals surface area contributed by atoms with Crippen LogP contribution in [-0.4, -0.2) is 20.3 Å². The molecule has 0 aliphatic carbocycles. The molecule has 0 aliphatic rings. The van der Waals surface area contributed by atoms with Crippen molar-refractivity contribution in [2.75, 3.05) is 0 Å². The molecule has 0 saturated carbocycles. The molecular formula is C10H9BF2N2. The first kappa shape index (κ1) is 11.6. The van der Waals surface area contributed by atoms with Crippen LogP contribution in [-0.2, 0) is 6.54 Å². The third-order valence-electron chi connectivity index (χ3n) is 1.75. The minimum Gasteiger partial charge on any atom is -0.313 e. The molecule has 1 atom stereocenters. The number of nitrogens with one attached hydrogen (secondary N) is 1. The van der Waals surface area contributed by atoms with Crippen LogP contribution in [0.2, 0.25) is 5.82 Å². The highest BCUT2D eigenvalue weighted by atomic mass is 19.1. The Hall–Kier alpha value is -1.52. The van der Waals surface area contributed by atoms with Crippen LogP contribution in [0.4, 0.5) is 8.78 Å². The van der Waals surface area contributed by atoms with Crippen LogP contribution in [0.15, 0.2) is 23.2 Å². The largest absolute Gasteiger partial charge is 0.313 e. The summed E-state index contributed by atoms with van der Waals surface area (Å²) in [7, 11) is 5.35. The lowest BCUT2D eigenvalue weighted by atomic mass is 9.90. The molecule has 76 valence electrons. The number of halogens is 2. The van der Waals surface area contributed by atoms with E-state index in [4.69, 9.17) is 13.3 Å². The van der Waals surface area contributed by atoms with Crippen LogP contribution in [0, 0.1) is 17.0 Å². The average molecular weight is 206 g/mol. The summed E-state index contributed by atoms with van der Waals surface area (Å²) in [6.45, 7) is 0.0909. The van der Waals surface area contributed by atoms with Gasteiger partial charge >= 0.3 is 0 Å². The van der Waals surface area contributed by atoms with E-state index < -0.39 is 17.5 Å². The van der Waals surface area contributed by atoms with E-state index >= 15 is 0 Å². The minimum atomic E-state index is -0.629. The molecule has 0 aliphatic heterocycles. The molecule has 1 aromatic rings. The van der Waals surface area contributed by atoms with E-state index in [1.807, 2.05) is 0 Å². The van der Waals surface area contributed by atoms with Crippen molar-refractivity contribution in [1.29, 1.82) is 5.41 Å². The molecule has 15 heavy (non-hydrogen) atoms. The van der Waals surface area contributed by atoms with Crippen molar-refractivity contribution in [2.24, 2.45) is 4.99 Å². The summed E-state index contributed by atoms with van der Waals surface area (Å²) < 4.78 is 25.6. The van der Waals surface area contributed by atoms with Gasteiger partial charge in [-0.15, -0.1) is 0 Å². The van der Waals surface area contributed by atoms with Gasteiger partial charge in [0.1, 0.15) is 11.6 Å². The third-order valence-corrected chi connectivity index (χ3v) is 1.75. The molecule has 0 fully saturated rings. The van der Waals surface area contributed by atoms with Crippen molar-refractivity contribution >= 4 is 20.3 Å². The summed E-state index contributed by atoms with van der Waals surface area (Å²) in [6, 6.07) is 3.31. The maximum absolute atomic E-state index is 13.1. The van der Waals surface area contributed by atoms with E-state index in [0.717, 1.165) is 12.3 Å². The van der Waals surface area contributed by atoms with Gasteiger partial charge in [-0.2, -0.15) is 0 Å². The molecule has 1 unspecified atom stereocenters. The summed E-state index contributed by atoms with van der Waals surface area (Å²) >= 11 is 0. The van der Waals surface area contributed by atoms with Crippen LogP contribution in [0.5, 0.6) is 0 Å². The van der Waals surface area contributed by atoms with Gasteiger partial charge in [0, 0.05) is 11.6 Å². The maximum Gasteiger partial charge on any atom is 0.131 e. The molecular weight excluding hydrogens is 197 g/mol. The Bertz CT molecular complexity index is 380. The van der Waals surface area contributed by atoms with Crippen molar-refractivity contribution in [3.05, 3.63) is 35.4 Å². The van der Waals surface area contributed by atoms with Gasteiger partial charge in [-0.1, -0.05) is 6.07 Å². The quantitative estimate of drug-likeness (QED) is 0.578. The van der Waals surface area contributed by atoms with Crippen molar-refractivity contribution in [1.82, 2.24) is 0 Å². The Morgan fingerprint density at radius 1 is 1.47 bits per heavy atom. The summed E-state index contributed by atoms with van der Waals surface area (Å²) in [5.41, 5.74) is 0.296. The summed E-state index contributed by atoms with van der Waals surface area (Å²) in [6.07, 6.45) is 2.36. The zero-order valence-corrected chi connectivity index (χ0v) is 7.95. The highest BCUT2D eigenvalue weighted by molar-refractivity contribution is 6.29. The molecule has 2 radical (unpaired) electrons. The lowest BCUT2D eigenvalue weighted by molar-refractivity contribution is 0.573. The lowest BCUT2D eigenvalue weighted by Gasteiger charge is -1.99. The second kappa shape index (κ2) is 5.39. The molecule has 1 aromatic carbocycles. The van der Waals surface area contributed by atoms with Crippen LogP contribution in [0.3, 0.4) is 0 Å². The number of nitrogens with zero attached hydrogens (tertiary/aromatic N) is 1. The first-order chi connectivity index (χ1) is 7.13. The minimum absolute atomic E-state index is 0.0909. The van der Waals surface area contributed by atoms with E-state index in [0.29, 0.717) is 5.56 Å². The van der Waals surface area contributed by atoms with Gasteiger partial charge in [-0.3, -0.25) is 4.99 Å². The molecule has 2 nitrogen and oxygen atoms in total. The highest BCUT2D eigenvalue weighted by Crippen LogP contribution is 2.10. The fraction of sp³-hybridized carbons (Fsp3) is 0.200. The van der Waals surface area contributed by atoms with E-state index in [1.165, 1.54) is 18.3 Å². The normalized spacial score (nSPS) is 12.9. The van der Waals surface area contributed by atoms with Gasteiger partial charge in [0.15, 0.2) is 0 Å². The predicted octanol–water partition coefficient (Wildman–Crippen LogP) is 2.14. The van der Waals surface area contributed by atoms with Gasteiger partial charge in [0.2, 0.25) is 0 Å². The number of hydrogen-bond donors (Lipinski definition) is 1. The van der Waals surface area contributed by atoms with Crippen molar-refractivity contribution in [3.63, 3.8) is 0 Å². The van der Waals surface area contributed by atoms with Crippen molar-refractivity contribution < 1.29 is 8.78 Å². The van der Waals surface area contributed by atoms with E-state index in [-0.39, 0.29) is 6.54 Å². The summed E-state index contributed by atoms with van der Waals surface area (Å²) in [5, 5.41) is 6.80. The Kier molecular flexibility index (Phi) is 4.15. The lowest BCUT2D eigenvalue weighted by Crippen LogP contribution is -1.95. The first-order valence-corrected chi connectivity index (χ1v) is 4.33. The van der Waals surface area contributed by atoms with E-state index in [1.54, 1.807) is 0 Å². The highest BCUT2D eigenvalue weighted by Gasteiger charge is 2.01. The SMILES string of the molecule is [B]C(C=N)C=NCc1ccc(F)cc1F. The van der Waals surface area contributed by atoms with Crippen molar-refractivity contribution in [3.8, 4) is 0 Å². The molecule has 0 heterocycles. The fourth-order valence-electron chi connectivity index (χ4n) is 0.966. The molecule has 5 heteroatoms. The number of aliphatic imine (C=N–C) groups is 1. The van der Waals surface area contributed by atoms with E-state index in [9.17, 15) is 8.78 Å². The van der Waals surface area contributed by atoms with Gasteiger partial charge in [0.25, 0.3) is 0 Å². The molecule has 1 N–H and O–H groups in total. The molecule has 0 saturated heterocycles. The van der Waals surface area contributed by atoms with Gasteiger partial charge in [0.05, 0.1) is 14.4 Å². The van der Waals surface area contributed by atoms with Crippen LogP contribution in [0.25, 0.3) is 0 Å². The Labute approximate surface area is 88.0 Å². The topological polar surface area (TPSA) is 36.2 Å². The predicted molar refractivity (Wildman–Crippen MR) is 56.8 cm³/mol. The zero-order valence-electron chi connectivity index (χ0n) is 7.95. The first-order valence-electron chi connectivity index (χ1n) is 4.33. The van der Waals surface area contributed by atoms with Crippen LogP contribution in [0.1, 0.15) is 5.56 Å². The second-order valence-electron chi connectivity index (χ2n) is 2.97. The standard InChI is InChI=1S/C10H9BF2N2/c11-8(4-14)6-15-5-7-1-2-9(12)3-10(7)13/h1-4,6,8,14H,5H2. The van der Waals surface area contributed by atoms with E-state index in [2.05, 4.69) is 4.99 Å². The molecule has 0 spiro atoms. The van der Waals surface area contributed by atoms with Gasteiger partial charge in [-0.05, 0) is 24.3 Å². The van der Waals surface area contributed by atoms with Gasteiger partial charge < -0.3 is 5.41 Å². The molecule has 0 bridgehead atoms. The number of benzene rings is 1. The molecule has 0 aromatic heterocycles. The fourth-order valence-corrected chi connectivity index (χ4v) is 0.966. The zero-order chi connectivity index (χ0) is 11.3. The number of rotatable bonds is 4. The number of hydrogen-bond acceptors (Lipinski definition) is 2. The Morgan fingerprint density at radius 3 is 2.80 bits per heavy atom. The Morgan fingerprint density at radius 2 is 2.20 bits per heavy atom. The maximum atomic E-state index is 13.1. The van der Waals surface area contributed by atoms with Crippen molar-refractivity contribution in [2.45, 2.75) is 12.4 Å². The monoisotopic (exact) mass is 206 g/mol. The summed E-state index contributed by atoms with van der Waals surface area (Å²) in [4.78, 5) is 3.84. The average Bonchev–Trinajstić information content (AvgIpc) is 2.21. The van der Waals surface area contributed by atoms with Gasteiger partial charge in [-0.25, -0.2) is 8.78 Å². The van der Waals surface area contributed by atoms with Crippen LogP contribution < -0.4 is 0 Å². The Balaban J connectivity index is 2.65. The smallest absolute Gasteiger partial charge is 0.131 e. The third kappa shape index (κ3) is 3.62. The molecule has 0 amide bonds. The van der Waals surface area contributed by atoms with Crippen LogP contribution >= 0.6 is 0 Å². The second-order valence-corrected chi connectivity index (χ2v) is 2.97. The molecule has 1 rings (SSSR count). The summed E-state index contributed by atoms with van der Waals surface area (Å²) in [5.74, 6) is -1.81.